The molecule has 0 aliphatic rings. The largest absolute Gasteiger partial charge is 0.377 e. The van der Waals surface area contributed by atoms with Gasteiger partial charge in [0.15, 0.2) is 5.13 Å². The summed E-state index contributed by atoms with van der Waals surface area (Å²) in [4.78, 5) is 6.55. The molecule has 0 radical (unpaired) electrons. The average Bonchev–Trinajstić information content (AvgIpc) is 2.82. The molecular formula is C16H16FN3S. The molecule has 0 bridgehead atoms. The molecule has 3 aromatic rings. The summed E-state index contributed by atoms with van der Waals surface area (Å²) >= 11 is 1.45. The third-order valence-electron chi connectivity index (χ3n) is 3.29. The van der Waals surface area contributed by atoms with Crippen LogP contribution in [-0.2, 0) is 0 Å². The van der Waals surface area contributed by atoms with E-state index in [0.717, 1.165) is 26.7 Å². The summed E-state index contributed by atoms with van der Waals surface area (Å²) in [7, 11) is 4.04. The number of benzene rings is 2. The highest BCUT2D eigenvalue weighted by Crippen LogP contribution is 2.30. The first-order chi connectivity index (χ1) is 10.0. The van der Waals surface area contributed by atoms with Crippen LogP contribution in [0.15, 0.2) is 36.4 Å². The molecule has 0 fully saturated rings. The number of anilines is 3. The van der Waals surface area contributed by atoms with Crippen LogP contribution in [0, 0.1) is 12.7 Å². The Labute approximate surface area is 127 Å². The molecule has 3 nitrogen and oxygen atoms in total. The van der Waals surface area contributed by atoms with Crippen LogP contribution in [0.3, 0.4) is 0 Å². The number of aromatic nitrogens is 1. The van der Waals surface area contributed by atoms with Crippen LogP contribution in [0.1, 0.15) is 5.56 Å². The number of aryl methyl sites for hydroxylation is 1. The maximum atomic E-state index is 13.2. The van der Waals surface area contributed by atoms with Crippen molar-refractivity contribution >= 4 is 38.1 Å². The van der Waals surface area contributed by atoms with Crippen LogP contribution < -0.4 is 10.2 Å². The van der Waals surface area contributed by atoms with Gasteiger partial charge in [-0.25, -0.2) is 9.37 Å². The second kappa shape index (κ2) is 5.33. The quantitative estimate of drug-likeness (QED) is 0.769. The van der Waals surface area contributed by atoms with Gasteiger partial charge in [0.2, 0.25) is 0 Å². The number of hydrogen-bond donors (Lipinski definition) is 1. The van der Waals surface area contributed by atoms with E-state index in [-0.39, 0.29) is 5.82 Å². The fourth-order valence-corrected chi connectivity index (χ4v) is 3.16. The van der Waals surface area contributed by atoms with Crippen molar-refractivity contribution in [2.24, 2.45) is 0 Å². The van der Waals surface area contributed by atoms with Crippen LogP contribution in [-0.4, -0.2) is 19.1 Å². The summed E-state index contributed by atoms with van der Waals surface area (Å²) in [5.41, 5.74) is 4.16. The van der Waals surface area contributed by atoms with Gasteiger partial charge in [0, 0.05) is 25.5 Å². The Morgan fingerprint density at radius 3 is 2.71 bits per heavy atom. The standard InChI is InChI=1S/C16H16FN3S/c1-10-4-6-12(9-14(10)20(2)3)18-16-19-13-7-5-11(17)8-15(13)21-16/h4-9H,1-3H3,(H,18,19). The highest BCUT2D eigenvalue weighted by molar-refractivity contribution is 7.22. The Balaban J connectivity index is 1.93. The number of nitrogens with zero attached hydrogens (tertiary/aromatic N) is 2. The predicted octanol–water partition coefficient (Wildman–Crippen LogP) is 4.55. The smallest absolute Gasteiger partial charge is 0.188 e. The molecule has 3 rings (SSSR count). The van der Waals surface area contributed by atoms with Crippen molar-refractivity contribution in [3.63, 3.8) is 0 Å². The average molecular weight is 301 g/mol. The maximum Gasteiger partial charge on any atom is 0.188 e. The lowest BCUT2D eigenvalue weighted by Crippen LogP contribution is -2.10. The maximum absolute atomic E-state index is 13.2. The van der Waals surface area contributed by atoms with Gasteiger partial charge in [0.25, 0.3) is 0 Å². The second-order valence-electron chi connectivity index (χ2n) is 5.15. The Morgan fingerprint density at radius 1 is 1.14 bits per heavy atom. The van der Waals surface area contributed by atoms with Crippen LogP contribution in [0.5, 0.6) is 0 Å². The van der Waals surface area contributed by atoms with Gasteiger partial charge in [0.05, 0.1) is 10.2 Å². The highest BCUT2D eigenvalue weighted by Gasteiger charge is 2.07. The summed E-state index contributed by atoms with van der Waals surface area (Å²) in [5, 5.41) is 4.06. The summed E-state index contributed by atoms with van der Waals surface area (Å²) in [6.45, 7) is 2.08. The van der Waals surface area contributed by atoms with E-state index < -0.39 is 0 Å². The lowest BCUT2D eigenvalue weighted by atomic mass is 10.1. The van der Waals surface area contributed by atoms with Crippen molar-refractivity contribution in [1.29, 1.82) is 0 Å². The molecule has 1 heterocycles. The normalized spacial score (nSPS) is 10.9. The van der Waals surface area contributed by atoms with Gasteiger partial charge < -0.3 is 10.2 Å². The molecule has 0 saturated carbocycles. The fourth-order valence-electron chi connectivity index (χ4n) is 2.24. The van der Waals surface area contributed by atoms with Gasteiger partial charge in [-0.15, -0.1) is 0 Å². The van der Waals surface area contributed by atoms with Crippen molar-refractivity contribution in [3.8, 4) is 0 Å². The topological polar surface area (TPSA) is 28.2 Å². The molecule has 2 aromatic carbocycles. The van der Waals surface area contributed by atoms with Crippen LogP contribution in [0.25, 0.3) is 10.2 Å². The minimum absolute atomic E-state index is 0.233. The fraction of sp³-hybridized carbons (Fsp3) is 0.188. The number of hydrogen-bond acceptors (Lipinski definition) is 4. The SMILES string of the molecule is Cc1ccc(Nc2nc3ccc(F)cc3s2)cc1N(C)C. The Kier molecular flexibility index (Phi) is 3.51. The molecule has 1 aromatic heterocycles. The lowest BCUT2D eigenvalue weighted by molar-refractivity contribution is 0.630. The molecule has 108 valence electrons. The summed E-state index contributed by atoms with van der Waals surface area (Å²) in [6, 6.07) is 10.8. The van der Waals surface area contributed by atoms with Crippen molar-refractivity contribution in [1.82, 2.24) is 4.98 Å². The van der Waals surface area contributed by atoms with Gasteiger partial charge in [-0.2, -0.15) is 0 Å². The summed E-state index contributed by atoms with van der Waals surface area (Å²) in [6.07, 6.45) is 0. The molecule has 21 heavy (non-hydrogen) atoms. The van der Waals surface area contributed by atoms with Gasteiger partial charge in [-0.1, -0.05) is 17.4 Å². The number of halogens is 1. The molecule has 0 amide bonds. The number of fused-ring (bicyclic) bond motifs is 1. The summed E-state index contributed by atoms with van der Waals surface area (Å²) in [5.74, 6) is -0.233. The molecule has 0 unspecified atom stereocenters. The van der Waals surface area contributed by atoms with Crippen LogP contribution in [0.4, 0.5) is 20.9 Å². The van der Waals surface area contributed by atoms with Crippen molar-refractivity contribution in [2.45, 2.75) is 6.92 Å². The minimum Gasteiger partial charge on any atom is -0.377 e. The van der Waals surface area contributed by atoms with E-state index in [1.807, 2.05) is 20.2 Å². The molecule has 1 N–H and O–H groups in total. The zero-order valence-electron chi connectivity index (χ0n) is 12.1. The van der Waals surface area contributed by atoms with Gasteiger partial charge in [-0.3, -0.25) is 0 Å². The first-order valence-corrected chi connectivity index (χ1v) is 7.46. The lowest BCUT2D eigenvalue weighted by Gasteiger charge is -2.16. The number of thiazole rings is 1. The van der Waals surface area contributed by atoms with E-state index >= 15 is 0 Å². The first-order valence-electron chi connectivity index (χ1n) is 6.64. The first kappa shape index (κ1) is 13.8. The van der Waals surface area contributed by atoms with E-state index in [1.165, 1.54) is 29.0 Å². The van der Waals surface area contributed by atoms with Crippen molar-refractivity contribution < 1.29 is 4.39 Å². The van der Waals surface area contributed by atoms with E-state index in [4.69, 9.17) is 0 Å². The Bertz CT molecular complexity index is 795. The molecule has 0 aliphatic carbocycles. The number of nitrogens with one attached hydrogen (secondary N) is 1. The molecule has 0 atom stereocenters. The number of rotatable bonds is 3. The van der Waals surface area contributed by atoms with E-state index in [2.05, 4.69) is 34.3 Å². The third-order valence-corrected chi connectivity index (χ3v) is 4.23. The Hall–Kier alpha value is -2.14. The van der Waals surface area contributed by atoms with Gasteiger partial charge in [-0.05, 0) is 42.8 Å². The van der Waals surface area contributed by atoms with Crippen LogP contribution in [0.2, 0.25) is 0 Å². The van der Waals surface area contributed by atoms with Crippen molar-refractivity contribution in [3.05, 3.63) is 47.8 Å². The monoisotopic (exact) mass is 301 g/mol. The molecule has 5 heteroatoms. The molecule has 0 aliphatic heterocycles. The zero-order chi connectivity index (χ0) is 15.0. The third kappa shape index (κ3) is 2.83. The second-order valence-corrected chi connectivity index (χ2v) is 6.18. The van der Waals surface area contributed by atoms with Gasteiger partial charge >= 0.3 is 0 Å². The zero-order valence-corrected chi connectivity index (χ0v) is 13.0. The van der Waals surface area contributed by atoms with E-state index in [9.17, 15) is 4.39 Å². The van der Waals surface area contributed by atoms with Crippen LogP contribution >= 0.6 is 11.3 Å². The molecule has 0 saturated heterocycles. The van der Waals surface area contributed by atoms with E-state index in [0.29, 0.717) is 0 Å². The Morgan fingerprint density at radius 2 is 1.95 bits per heavy atom. The van der Waals surface area contributed by atoms with Crippen molar-refractivity contribution in [2.75, 3.05) is 24.3 Å². The predicted molar refractivity (Wildman–Crippen MR) is 88.4 cm³/mol. The van der Waals surface area contributed by atoms with E-state index in [1.54, 1.807) is 6.07 Å². The van der Waals surface area contributed by atoms with Gasteiger partial charge in [0.1, 0.15) is 5.82 Å². The highest BCUT2D eigenvalue weighted by atomic mass is 32.1. The molecular weight excluding hydrogens is 285 g/mol. The minimum atomic E-state index is -0.233. The molecule has 0 spiro atoms. The summed E-state index contributed by atoms with van der Waals surface area (Å²) < 4.78 is 14.1.